The van der Waals surface area contributed by atoms with Crippen molar-refractivity contribution in [2.75, 3.05) is 0 Å². The number of hydrogen-bond donors (Lipinski definition) is 0. The molecule has 0 atom stereocenters. The number of nitrogens with zero attached hydrogens (tertiary/aromatic N) is 4. The van der Waals surface area contributed by atoms with Crippen LogP contribution < -0.4 is 4.74 Å². The van der Waals surface area contributed by atoms with E-state index < -0.39 is 0 Å². The molecule has 0 aliphatic rings. The van der Waals surface area contributed by atoms with Crippen LogP contribution in [0.1, 0.15) is 5.56 Å². The van der Waals surface area contributed by atoms with E-state index in [9.17, 15) is 0 Å². The monoisotopic (exact) mass is 304 g/mol. The molecule has 0 aliphatic carbocycles. The van der Waals surface area contributed by atoms with E-state index in [-0.39, 0.29) is 0 Å². The van der Waals surface area contributed by atoms with E-state index in [4.69, 9.17) is 9.15 Å². The van der Waals surface area contributed by atoms with Gasteiger partial charge in [-0.05, 0) is 42.8 Å². The molecule has 112 valence electrons. The van der Waals surface area contributed by atoms with Crippen molar-refractivity contribution in [1.29, 1.82) is 0 Å². The Morgan fingerprint density at radius 2 is 1.87 bits per heavy atom. The summed E-state index contributed by atoms with van der Waals surface area (Å²) < 4.78 is 11.1. The van der Waals surface area contributed by atoms with Crippen LogP contribution in [0.4, 0.5) is 0 Å². The molecule has 2 aromatic carbocycles. The molecule has 0 radical (unpaired) electrons. The maximum atomic E-state index is 5.93. The number of aryl methyl sites for hydroxylation is 1. The number of hydrogen-bond acceptors (Lipinski definition) is 6. The molecule has 0 saturated carbocycles. The fourth-order valence-corrected chi connectivity index (χ4v) is 2.40. The number of aromatic nitrogens is 4. The molecule has 4 aromatic rings. The van der Waals surface area contributed by atoms with E-state index >= 15 is 0 Å². The highest BCUT2D eigenvalue weighted by Gasteiger charge is 2.09. The van der Waals surface area contributed by atoms with Gasteiger partial charge >= 0.3 is 0 Å². The van der Waals surface area contributed by atoms with Crippen LogP contribution in [-0.2, 0) is 0 Å². The molecule has 2 heterocycles. The Hall–Kier alpha value is -3.28. The quantitative estimate of drug-likeness (QED) is 0.573. The van der Waals surface area contributed by atoms with Crippen molar-refractivity contribution in [2.45, 2.75) is 6.92 Å². The average molecular weight is 304 g/mol. The van der Waals surface area contributed by atoms with Crippen LogP contribution >= 0.6 is 0 Å². The lowest BCUT2D eigenvalue weighted by Crippen LogP contribution is -1.93. The molecule has 6 heteroatoms. The van der Waals surface area contributed by atoms with E-state index in [1.54, 1.807) is 0 Å². The fourth-order valence-electron chi connectivity index (χ4n) is 2.40. The SMILES string of the molecule is Cc1cccc2ncnc(Oc3ccc(-c4nnco4)cc3)c12. The Morgan fingerprint density at radius 3 is 2.65 bits per heavy atom. The van der Waals surface area contributed by atoms with Crippen molar-refractivity contribution in [3.8, 4) is 23.1 Å². The maximum absolute atomic E-state index is 5.93. The topological polar surface area (TPSA) is 73.9 Å². The van der Waals surface area contributed by atoms with E-state index in [0.29, 0.717) is 17.5 Å². The standard InChI is InChI=1S/C17H12N4O2/c1-11-3-2-4-14-15(11)17(19-9-18-14)23-13-7-5-12(6-8-13)16-21-20-10-22-16/h2-10H,1H3. The highest BCUT2D eigenvalue weighted by molar-refractivity contribution is 5.86. The minimum atomic E-state index is 0.472. The Kier molecular flexibility index (Phi) is 3.20. The molecular formula is C17H12N4O2. The number of fused-ring (bicyclic) bond motifs is 1. The zero-order valence-electron chi connectivity index (χ0n) is 12.3. The van der Waals surface area contributed by atoms with Gasteiger partial charge in [0.15, 0.2) is 0 Å². The van der Waals surface area contributed by atoms with Crippen LogP contribution in [-0.4, -0.2) is 20.2 Å². The van der Waals surface area contributed by atoms with Gasteiger partial charge in [0.2, 0.25) is 18.2 Å². The third-order valence-corrected chi connectivity index (χ3v) is 3.51. The second-order valence-corrected chi connectivity index (χ2v) is 5.02. The van der Waals surface area contributed by atoms with Gasteiger partial charge in [0.05, 0.1) is 10.9 Å². The van der Waals surface area contributed by atoms with Crippen molar-refractivity contribution in [1.82, 2.24) is 20.2 Å². The summed E-state index contributed by atoms with van der Waals surface area (Å²) in [6.45, 7) is 2.01. The normalized spacial score (nSPS) is 10.8. The Bertz CT molecular complexity index is 945. The largest absolute Gasteiger partial charge is 0.438 e. The van der Waals surface area contributed by atoms with E-state index in [1.165, 1.54) is 12.7 Å². The Balaban J connectivity index is 1.69. The van der Waals surface area contributed by atoms with Gasteiger partial charge in [0.25, 0.3) is 0 Å². The molecule has 0 aliphatic heterocycles. The summed E-state index contributed by atoms with van der Waals surface area (Å²) in [5.41, 5.74) is 2.76. The highest BCUT2D eigenvalue weighted by Crippen LogP contribution is 2.29. The average Bonchev–Trinajstić information content (AvgIpc) is 3.10. The summed E-state index contributed by atoms with van der Waals surface area (Å²) in [7, 11) is 0. The molecule has 0 fully saturated rings. The first-order chi connectivity index (χ1) is 11.3. The molecular weight excluding hydrogens is 292 g/mol. The summed E-state index contributed by atoms with van der Waals surface area (Å²) in [6.07, 6.45) is 2.81. The second kappa shape index (κ2) is 5.49. The highest BCUT2D eigenvalue weighted by atomic mass is 16.5. The fraction of sp³-hybridized carbons (Fsp3) is 0.0588. The minimum Gasteiger partial charge on any atom is -0.438 e. The molecule has 0 saturated heterocycles. The predicted octanol–water partition coefficient (Wildman–Crippen LogP) is 3.78. The minimum absolute atomic E-state index is 0.472. The third-order valence-electron chi connectivity index (χ3n) is 3.51. The number of ether oxygens (including phenoxy) is 1. The first kappa shape index (κ1) is 13.4. The molecule has 2 aromatic heterocycles. The van der Waals surface area contributed by atoms with Gasteiger partial charge in [0, 0.05) is 5.56 Å². The lowest BCUT2D eigenvalue weighted by molar-refractivity contribution is 0.468. The van der Waals surface area contributed by atoms with Crippen LogP contribution in [0.15, 0.2) is 59.6 Å². The van der Waals surface area contributed by atoms with Crippen molar-refractivity contribution in [3.63, 3.8) is 0 Å². The maximum Gasteiger partial charge on any atom is 0.247 e. The Labute approximate surface area is 131 Å². The van der Waals surface area contributed by atoms with E-state index in [1.807, 2.05) is 49.4 Å². The molecule has 0 bridgehead atoms. The van der Waals surface area contributed by atoms with Gasteiger partial charge in [-0.2, -0.15) is 0 Å². The van der Waals surface area contributed by atoms with Crippen molar-refractivity contribution < 1.29 is 9.15 Å². The molecule has 0 N–H and O–H groups in total. The third kappa shape index (κ3) is 2.50. The van der Waals surface area contributed by atoms with Gasteiger partial charge in [-0.1, -0.05) is 12.1 Å². The summed E-state index contributed by atoms with van der Waals surface area (Å²) in [5.74, 6) is 1.69. The number of benzene rings is 2. The molecule has 6 nitrogen and oxygen atoms in total. The first-order valence-electron chi connectivity index (χ1n) is 7.06. The number of rotatable bonds is 3. The molecule has 4 rings (SSSR count). The zero-order valence-corrected chi connectivity index (χ0v) is 12.3. The lowest BCUT2D eigenvalue weighted by Gasteiger charge is -2.09. The molecule has 23 heavy (non-hydrogen) atoms. The smallest absolute Gasteiger partial charge is 0.247 e. The van der Waals surface area contributed by atoms with Crippen molar-refractivity contribution >= 4 is 10.9 Å². The zero-order chi connectivity index (χ0) is 15.6. The predicted molar refractivity (Wildman–Crippen MR) is 84.1 cm³/mol. The van der Waals surface area contributed by atoms with Gasteiger partial charge in [-0.3, -0.25) is 0 Å². The van der Waals surface area contributed by atoms with Crippen LogP contribution in [0.25, 0.3) is 22.4 Å². The van der Waals surface area contributed by atoms with Gasteiger partial charge in [0.1, 0.15) is 12.1 Å². The van der Waals surface area contributed by atoms with Gasteiger partial charge in [-0.15, -0.1) is 10.2 Å². The second-order valence-electron chi connectivity index (χ2n) is 5.02. The molecule has 0 amide bonds. The van der Waals surface area contributed by atoms with Crippen LogP contribution in [0, 0.1) is 6.92 Å². The van der Waals surface area contributed by atoms with Crippen LogP contribution in [0.2, 0.25) is 0 Å². The summed E-state index contributed by atoms with van der Waals surface area (Å²) in [5, 5.41) is 8.46. The van der Waals surface area contributed by atoms with Gasteiger partial charge in [-0.25, -0.2) is 9.97 Å². The van der Waals surface area contributed by atoms with Crippen molar-refractivity contribution in [3.05, 3.63) is 60.7 Å². The van der Waals surface area contributed by atoms with E-state index in [2.05, 4.69) is 20.2 Å². The molecule has 0 unspecified atom stereocenters. The molecule has 0 spiro atoms. The summed E-state index contributed by atoms with van der Waals surface area (Å²) >= 11 is 0. The van der Waals surface area contributed by atoms with Crippen molar-refractivity contribution in [2.24, 2.45) is 0 Å². The van der Waals surface area contributed by atoms with Crippen LogP contribution in [0.3, 0.4) is 0 Å². The van der Waals surface area contributed by atoms with E-state index in [0.717, 1.165) is 22.0 Å². The van der Waals surface area contributed by atoms with Gasteiger partial charge < -0.3 is 9.15 Å². The Morgan fingerprint density at radius 1 is 1.00 bits per heavy atom. The first-order valence-corrected chi connectivity index (χ1v) is 7.06. The lowest BCUT2D eigenvalue weighted by atomic mass is 10.1. The summed E-state index contributed by atoms with van der Waals surface area (Å²) in [6, 6.07) is 13.3. The summed E-state index contributed by atoms with van der Waals surface area (Å²) in [4.78, 5) is 8.53. The van der Waals surface area contributed by atoms with Crippen LogP contribution in [0.5, 0.6) is 11.6 Å².